The zero-order chi connectivity index (χ0) is 14.8. The monoisotopic (exact) mass is 299 g/mol. The van der Waals surface area contributed by atoms with Gasteiger partial charge in [0.15, 0.2) is 6.29 Å². The molecular formula is C9H17NO8S. The van der Waals surface area contributed by atoms with Crippen LogP contribution in [-0.4, -0.2) is 73.2 Å². The number of nitrogens with one attached hydrogen (secondary N) is 1. The molecule has 0 aromatic carbocycles. The van der Waals surface area contributed by atoms with Crippen molar-refractivity contribution >= 4 is 16.0 Å². The lowest BCUT2D eigenvalue weighted by Crippen LogP contribution is -2.65. The van der Waals surface area contributed by atoms with E-state index in [9.17, 15) is 23.4 Å². The first-order valence-electron chi connectivity index (χ1n) is 5.43. The predicted octanol–water partition coefficient (Wildman–Crippen LogP) is -3.09. The van der Waals surface area contributed by atoms with Gasteiger partial charge in [-0.05, 0) is 0 Å². The Bertz CT molecular complexity index is 424. The van der Waals surface area contributed by atoms with Crippen LogP contribution in [0.2, 0.25) is 0 Å². The smallest absolute Gasteiger partial charge is 0.264 e. The SMILES string of the molecule is CC(=O)N[C@@H]1[C@@H](OS(C)(=O)=O)[C@H](O)[C@@H](CO)O[C@H]1O. The molecule has 1 amide bonds. The lowest BCUT2D eigenvalue weighted by atomic mass is 9.97. The van der Waals surface area contributed by atoms with E-state index in [0.717, 1.165) is 13.2 Å². The van der Waals surface area contributed by atoms with E-state index in [1.54, 1.807) is 0 Å². The van der Waals surface area contributed by atoms with Gasteiger partial charge >= 0.3 is 0 Å². The molecule has 1 rings (SSSR count). The van der Waals surface area contributed by atoms with Gasteiger partial charge in [-0.25, -0.2) is 0 Å². The van der Waals surface area contributed by atoms with E-state index in [4.69, 9.17) is 9.84 Å². The Balaban J connectivity index is 3.00. The molecule has 1 aliphatic rings. The number of aliphatic hydroxyl groups is 3. The lowest BCUT2D eigenvalue weighted by molar-refractivity contribution is -0.248. The molecule has 1 aliphatic heterocycles. The maximum absolute atomic E-state index is 11.1. The second kappa shape index (κ2) is 6.11. The lowest BCUT2D eigenvalue weighted by Gasteiger charge is -2.41. The van der Waals surface area contributed by atoms with Crippen LogP contribution in [0.25, 0.3) is 0 Å². The molecule has 9 nitrogen and oxygen atoms in total. The van der Waals surface area contributed by atoms with Gasteiger partial charge in [-0.15, -0.1) is 0 Å². The molecule has 0 bridgehead atoms. The number of hydrogen-bond acceptors (Lipinski definition) is 8. The van der Waals surface area contributed by atoms with Crippen molar-refractivity contribution in [1.82, 2.24) is 5.32 Å². The molecule has 0 aromatic rings. The summed E-state index contributed by atoms with van der Waals surface area (Å²) in [6.45, 7) is 0.503. The maximum atomic E-state index is 11.1. The Hall–Kier alpha value is -0.780. The highest BCUT2D eigenvalue weighted by molar-refractivity contribution is 7.86. The first-order chi connectivity index (χ1) is 8.65. The first-order valence-corrected chi connectivity index (χ1v) is 7.25. The average molecular weight is 299 g/mol. The molecule has 10 heteroatoms. The molecule has 5 atom stereocenters. The van der Waals surface area contributed by atoms with Crippen molar-refractivity contribution < 1.29 is 37.5 Å². The number of carbonyl (C=O) groups excluding carboxylic acids is 1. The third-order valence-corrected chi connectivity index (χ3v) is 3.10. The standard InChI is InChI=1S/C9H17NO8S/c1-4(12)10-6-8(18-19(2,15)16)7(13)5(3-11)17-9(6)14/h5-9,11,13-14H,3H2,1-2H3,(H,10,12)/t5-,6-,7-,8-,9-/m1/s1. The molecule has 1 heterocycles. The molecule has 0 spiro atoms. The second-order valence-corrected chi connectivity index (χ2v) is 5.83. The van der Waals surface area contributed by atoms with Crippen LogP contribution in [0.4, 0.5) is 0 Å². The molecule has 0 aromatic heterocycles. The van der Waals surface area contributed by atoms with Gasteiger partial charge in [0.2, 0.25) is 5.91 Å². The van der Waals surface area contributed by atoms with Crippen molar-refractivity contribution in [2.45, 2.75) is 37.6 Å². The molecule has 4 N–H and O–H groups in total. The van der Waals surface area contributed by atoms with Gasteiger partial charge in [0.25, 0.3) is 10.1 Å². The van der Waals surface area contributed by atoms with Crippen molar-refractivity contribution in [3.05, 3.63) is 0 Å². The minimum absolute atomic E-state index is 0.565. The van der Waals surface area contributed by atoms with Crippen molar-refractivity contribution in [3.8, 4) is 0 Å². The Morgan fingerprint density at radius 2 is 2.00 bits per heavy atom. The second-order valence-electron chi connectivity index (χ2n) is 4.23. The van der Waals surface area contributed by atoms with E-state index in [1.165, 1.54) is 0 Å². The molecule has 0 radical (unpaired) electrons. The predicted molar refractivity (Wildman–Crippen MR) is 61.3 cm³/mol. The first kappa shape index (κ1) is 16.3. The molecule has 112 valence electrons. The third kappa shape index (κ3) is 4.37. The fourth-order valence-electron chi connectivity index (χ4n) is 1.79. The van der Waals surface area contributed by atoms with Crippen LogP contribution >= 0.6 is 0 Å². The topological polar surface area (TPSA) is 142 Å². The van der Waals surface area contributed by atoms with Crippen LogP contribution in [0.3, 0.4) is 0 Å². The van der Waals surface area contributed by atoms with Gasteiger partial charge < -0.3 is 25.4 Å². The number of aliphatic hydroxyl groups excluding tert-OH is 3. The summed E-state index contributed by atoms with van der Waals surface area (Å²) in [7, 11) is -3.94. The number of ether oxygens (including phenoxy) is 1. The van der Waals surface area contributed by atoms with Crippen molar-refractivity contribution in [2.24, 2.45) is 0 Å². The summed E-state index contributed by atoms with van der Waals surface area (Å²) in [5.41, 5.74) is 0. The Labute approximate surface area is 110 Å². The van der Waals surface area contributed by atoms with Gasteiger partial charge in [-0.3, -0.25) is 8.98 Å². The summed E-state index contributed by atoms with van der Waals surface area (Å²) in [6.07, 6.45) is -5.05. The molecule has 19 heavy (non-hydrogen) atoms. The fraction of sp³-hybridized carbons (Fsp3) is 0.889. The van der Waals surface area contributed by atoms with Crippen molar-refractivity contribution in [2.75, 3.05) is 12.9 Å². The fourth-order valence-corrected chi connectivity index (χ4v) is 2.43. The summed E-state index contributed by atoms with van der Waals surface area (Å²) in [5.74, 6) is -0.565. The van der Waals surface area contributed by atoms with Crippen LogP contribution in [-0.2, 0) is 23.8 Å². The highest BCUT2D eigenvalue weighted by atomic mass is 32.2. The van der Waals surface area contributed by atoms with Crippen LogP contribution < -0.4 is 5.32 Å². The molecular weight excluding hydrogens is 282 g/mol. The van der Waals surface area contributed by atoms with Gasteiger partial charge in [0, 0.05) is 6.92 Å². The summed E-state index contributed by atoms with van der Waals surface area (Å²) < 4.78 is 31.8. The maximum Gasteiger partial charge on any atom is 0.264 e. The normalized spacial score (nSPS) is 35.9. The van der Waals surface area contributed by atoms with E-state index >= 15 is 0 Å². The van der Waals surface area contributed by atoms with Crippen molar-refractivity contribution in [3.63, 3.8) is 0 Å². The largest absolute Gasteiger partial charge is 0.394 e. The summed E-state index contributed by atoms with van der Waals surface area (Å²) in [5, 5.41) is 30.7. The average Bonchev–Trinajstić information content (AvgIpc) is 2.26. The van der Waals surface area contributed by atoms with Crippen LogP contribution in [0, 0.1) is 0 Å². The van der Waals surface area contributed by atoms with Crippen LogP contribution in [0.5, 0.6) is 0 Å². The number of carbonyl (C=O) groups is 1. The third-order valence-electron chi connectivity index (χ3n) is 2.53. The van der Waals surface area contributed by atoms with E-state index in [2.05, 4.69) is 9.50 Å². The summed E-state index contributed by atoms with van der Waals surface area (Å²) in [6, 6.07) is -1.27. The number of amides is 1. The highest BCUT2D eigenvalue weighted by Crippen LogP contribution is 2.23. The quantitative estimate of drug-likeness (QED) is 0.400. The van der Waals surface area contributed by atoms with Gasteiger partial charge in [0.1, 0.15) is 24.4 Å². The Morgan fingerprint density at radius 1 is 1.42 bits per heavy atom. The summed E-state index contributed by atoms with van der Waals surface area (Å²) in [4.78, 5) is 11.0. The van der Waals surface area contributed by atoms with Gasteiger partial charge in [-0.2, -0.15) is 8.42 Å². The minimum atomic E-state index is -3.94. The van der Waals surface area contributed by atoms with E-state index < -0.39 is 53.3 Å². The van der Waals surface area contributed by atoms with E-state index in [-0.39, 0.29) is 0 Å². The highest BCUT2D eigenvalue weighted by Gasteiger charge is 2.47. The van der Waals surface area contributed by atoms with E-state index in [0.29, 0.717) is 0 Å². The Morgan fingerprint density at radius 3 is 2.42 bits per heavy atom. The molecule has 0 saturated carbocycles. The summed E-state index contributed by atoms with van der Waals surface area (Å²) >= 11 is 0. The van der Waals surface area contributed by atoms with Gasteiger partial charge in [0.05, 0.1) is 12.9 Å². The zero-order valence-electron chi connectivity index (χ0n) is 10.4. The number of rotatable bonds is 4. The zero-order valence-corrected chi connectivity index (χ0v) is 11.2. The molecule has 0 aliphatic carbocycles. The molecule has 0 unspecified atom stereocenters. The molecule has 1 fully saturated rings. The Kier molecular flexibility index (Phi) is 5.24. The van der Waals surface area contributed by atoms with Crippen LogP contribution in [0.15, 0.2) is 0 Å². The minimum Gasteiger partial charge on any atom is -0.394 e. The molecule has 1 saturated heterocycles. The van der Waals surface area contributed by atoms with Gasteiger partial charge in [-0.1, -0.05) is 0 Å². The number of hydrogen-bond donors (Lipinski definition) is 4. The van der Waals surface area contributed by atoms with E-state index in [1.807, 2.05) is 0 Å². The van der Waals surface area contributed by atoms with Crippen molar-refractivity contribution in [1.29, 1.82) is 0 Å². The van der Waals surface area contributed by atoms with Crippen LogP contribution in [0.1, 0.15) is 6.92 Å².